The highest BCUT2D eigenvalue weighted by Crippen LogP contribution is 2.24. The average Bonchev–Trinajstić information content (AvgIpc) is 2.49. The largest absolute Gasteiger partial charge is 0.352 e. The van der Waals surface area contributed by atoms with Gasteiger partial charge in [-0.1, -0.05) is 27.7 Å². The van der Waals surface area contributed by atoms with Gasteiger partial charge in [0.1, 0.15) is 0 Å². The SMILES string of the molecule is CC(CNCC1CCC(=O)N1)C(C)(C)C. The van der Waals surface area contributed by atoms with Crippen LogP contribution < -0.4 is 10.6 Å². The first-order chi connectivity index (χ1) is 6.89. The number of carbonyl (C=O) groups excluding carboxylic acids is 1. The lowest BCUT2D eigenvalue weighted by Gasteiger charge is -2.28. The quantitative estimate of drug-likeness (QED) is 0.742. The van der Waals surface area contributed by atoms with E-state index in [9.17, 15) is 4.79 Å². The zero-order valence-electron chi connectivity index (χ0n) is 10.4. The molecule has 1 amide bonds. The van der Waals surface area contributed by atoms with E-state index in [1.807, 2.05) is 0 Å². The molecule has 0 aromatic heterocycles. The summed E-state index contributed by atoms with van der Waals surface area (Å²) in [5.41, 5.74) is 0.353. The van der Waals surface area contributed by atoms with E-state index in [1.54, 1.807) is 0 Å². The van der Waals surface area contributed by atoms with Crippen LogP contribution in [-0.4, -0.2) is 25.0 Å². The third-order valence-corrected chi connectivity index (χ3v) is 3.40. The van der Waals surface area contributed by atoms with Crippen molar-refractivity contribution < 1.29 is 4.79 Å². The van der Waals surface area contributed by atoms with Gasteiger partial charge in [-0.25, -0.2) is 0 Å². The van der Waals surface area contributed by atoms with E-state index in [4.69, 9.17) is 0 Å². The van der Waals surface area contributed by atoms with Crippen molar-refractivity contribution in [2.24, 2.45) is 11.3 Å². The van der Waals surface area contributed by atoms with Crippen molar-refractivity contribution in [2.75, 3.05) is 13.1 Å². The first-order valence-electron chi connectivity index (χ1n) is 5.89. The minimum Gasteiger partial charge on any atom is -0.352 e. The summed E-state index contributed by atoms with van der Waals surface area (Å²) >= 11 is 0. The van der Waals surface area contributed by atoms with Crippen LogP contribution in [0.15, 0.2) is 0 Å². The molecule has 0 saturated carbocycles. The summed E-state index contributed by atoms with van der Waals surface area (Å²) in [6, 6.07) is 0.352. The van der Waals surface area contributed by atoms with Crippen LogP contribution in [0.25, 0.3) is 0 Å². The monoisotopic (exact) mass is 212 g/mol. The Morgan fingerprint density at radius 2 is 2.20 bits per heavy atom. The van der Waals surface area contributed by atoms with Gasteiger partial charge in [0, 0.05) is 19.0 Å². The number of amides is 1. The predicted molar refractivity (Wildman–Crippen MR) is 62.7 cm³/mol. The van der Waals surface area contributed by atoms with Gasteiger partial charge in [0.2, 0.25) is 5.91 Å². The molecule has 1 heterocycles. The van der Waals surface area contributed by atoms with Gasteiger partial charge in [-0.05, 0) is 24.3 Å². The second kappa shape index (κ2) is 4.97. The summed E-state index contributed by atoms with van der Waals surface area (Å²) in [5, 5.41) is 6.40. The minimum atomic E-state index is 0.200. The summed E-state index contributed by atoms with van der Waals surface area (Å²) in [5.74, 6) is 0.847. The lowest BCUT2D eigenvalue weighted by atomic mass is 9.82. The highest BCUT2D eigenvalue weighted by molar-refractivity contribution is 5.78. The molecule has 0 radical (unpaired) electrons. The van der Waals surface area contributed by atoms with Crippen molar-refractivity contribution in [3.63, 3.8) is 0 Å². The molecule has 1 saturated heterocycles. The van der Waals surface area contributed by atoms with Gasteiger partial charge in [-0.15, -0.1) is 0 Å². The van der Waals surface area contributed by atoms with Gasteiger partial charge in [-0.2, -0.15) is 0 Å². The van der Waals surface area contributed by atoms with E-state index in [0.717, 1.165) is 19.5 Å². The molecule has 15 heavy (non-hydrogen) atoms. The molecule has 1 aliphatic heterocycles. The lowest BCUT2D eigenvalue weighted by molar-refractivity contribution is -0.119. The Hall–Kier alpha value is -0.570. The third-order valence-electron chi connectivity index (χ3n) is 3.40. The van der Waals surface area contributed by atoms with Gasteiger partial charge in [0.05, 0.1) is 0 Å². The number of nitrogens with one attached hydrogen (secondary N) is 2. The molecular formula is C12H24N2O. The van der Waals surface area contributed by atoms with Crippen molar-refractivity contribution in [1.82, 2.24) is 10.6 Å². The highest BCUT2D eigenvalue weighted by atomic mass is 16.1. The third kappa shape index (κ3) is 4.20. The van der Waals surface area contributed by atoms with Crippen LogP contribution in [0.3, 0.4) is 0 Å². The maximum absolute atomic E-state index is 11.0. The zero-order chi connectivity index (χ0) is 11.5. The summed E-state index contributed by atoms with van der Waals surface area (Å²) < 4.78 is 0. The molecule has 1 rings (SSSR count). The maximum atomic E-state index is 11.0. The normalized spacial score (nSPS) is 24.0. The van der Waals surface area contributed by atoms with Gasteiger partial charge < -0.3 is 10.6 Å². The molecule has 1 aliphatic rings. The first kappa shape index (κ1) is 12.5. The molecular weight excluding hydrogens is 188 g/mol. The highest BCUT2D eigenvalue weighted by Gasteiger charge is 2.22. The molecule has 2 N–H and O–H groups in total. The topological polar surface area (TPSA) is 41.1 Å². The number of hydrogen-bond donors (Lipinski definition) is 2. The van der Waals surface area contributed by atoms with E-state index in [-0.39, 0.29) is 5.91 Å². The molecule has 0 aromatic carbocycles. The van der Waals surface area contributed by atoms with Gasteiger partial charge in [0.15, 0.2) is 0 Å². The molecule has 2 atom stereocenters. The zero-order valence-corrected chi connectivity index (χ0v) is 10.4. The van der Waals surface area contributed by atoms with Crippen molar-refractivity contribution in [3.8, 4) is 0 Å². The summed E-state index contributed by atoms with van der Waals surface area (Å²) in [7, 11) is 0. The standard InChI is InChI=1S/C12H24N2O/c1-9(12(2,3)4)7-13-8-10-5-6-11(15)14-10/h9-10,13H,5-8H2,1-4H3,(H,14,15). The molecule has 3 nitrogen and oxygen atoms in total. The van der Waals surface area contributed by atoms with Crippen LogP contribution >= 0.6 is 0 Å². The summed E-state index contributed by atoms with van der Waals surface area (Å²) in [6.07, 6.45) is 1.68. The Morgan fingerprint density at radius 3 is 2.67 bits per heavy atom. The molecule has 0 bridgehead atoms. The van der Waals surface area contributed by atoms with Gasteiger partial charge in [0.25, 0.3) is 0 Å². The summed E-state index contributed by atoms with van der Waals surface area (Å²) in [6.45, 7) is 11.0. The lowest BCUT2D eigenvalue weighted by Crippen LogP contribution is -2.39. The van der Waals surface area contributed by atoms with Crippen molar-refractivity contribution in [3.05, 3.63) is 0 Å². The van der Waals surface area contributed by atoms with Gasteiger partial charge in [-0.3, -0.25) is 4.79 Å². The van der Waals surface area contributed by atoms with Crippen LogP contribution in [0, 0.1) is 11.3 Å². The van der Waals surface area contributed by atoms with Crippen LogP contribution in [0.2, 0.25) is 0 Å². The Balaban J connectivity index is 2.14. The fourth-order valence-corrected chi connectivity index (χ4v) is 1.61. The average molecular weight is 212 g/mol. The molecule has 0 aliphatic carbocycles. The Labute approximate surface area is 93.0 Å². The molecule has 0 spiro atoms. The molecule has 2 unspecified atom stereocenters. The van der Waals surface area contributed by atoms with Crippen LogP contribution in [0.4, 0.5) is 0 Å². The van der Waals surface area contributed by atoms with Crippen molar-refractivity contribution >= 4 is 5.91 Å². The number of carbonyl (C=O) groups is 1. The molecule has 3 heteroatoms. The van der Waals surface area contributed by atoms with Gasteiger partial charge >= 0.3 is 0 Å². The minimum absolute atomic E-state index is 0.200. The van der Waals surface area contributed by atoms with Crippen LogP contribution in [0.5, 0.6) is 0 Å². The number of hydrogen-bond acceptors (Lipinski definition) is 2. The van der Waals surface area contributed by atoms with E-state index >= 15 is 0 Å². The smallest absolute Gasteiger partial charge is 0.220 e. The Bertz CT molecular complexity index is 220. The van der Waals surface area contributed by atoms with E-state index in [0.29, 0.717) is 23.8 Å². The Kier molecular flexibility index (Phi) is 4.14. The van der Waals surface area contributed by atoms with E-state index in [1.165, 1.54) is 0 Å². The van der Waals surface area contributed by atoms with Crippen molar-refractivity contribution in [1.29, 1.82) is 0 Å². The van der Waals surface area contributed by atoms with E-state index in [2.05, 4.69) is 38.3 Å². The second-order valence-corrected chi connectivity index (χ2v) is 5.73. The second-order valence-electron chi connectivity index (χ2n) is 5.73. The fourth-order valence-electron chi connectivity index (χ4n) is 1.61. The number of rotatable bonds is 4. The fraction of sp³-hybridized carbons (Fsp3) is 0.917. The maximum Gasteiger partial charge on any atom is 0.220 e. The van der Waals surface area contributed by atoms with Crippen LogP contribution in [-0.2, 0) is 4.79 Å². The molecule has 88 valence electrons. The van der Waals surface area contributed by atoms with Crippen LogP contribution in [0.1, 0.15) is 40.5 Å². The molecule has 0 aromatic rings. The Morgan fingerprint density at radius 1 is 1.53 bits per heavy atom. The summed E-state index contributed by atoms with van der Waals surface area (Å²) in [4.78, 5) is 11.0. The predicted octanol–water partition coefficient (Wildman–Crippen LogP) is 1.54. The van der Waals surface area contributed by atoms with Crippen molar-refractivity contribution in [2.45, 2.75) is 46.6 Å². The molecule has 1 fully saturated rings. The first-order valence-corrected chi connectivity index (χ1v) is 5.89. The van der Waals surface area contributed by atoms with E-state index < -0.39 is 0 Å².